The Kier molecular flexibility index (Phi) is 6.83. The van der Waals surface area contributed by atoms with Crippen LogP contribution in [0.1, 0.15) is 23.6 Å². The van der Waals surface area contributed by atoms with Crippen LogP contribution in [0.5, 0.6) is 11.5 Å². The molecule has 0 bridgehead atoms. The number of methoxy groups -OCH3 is 1. The molecule has 0 saturated heterocycles. The average molecular weight is 362 g/mol. The monoisotopic (exact) mass is 362 g/mol. The van der Waals surface area contributed by atoms with Gasteiger partial charge in [0.15, 0.2) is 11.5 Å². The van der Waals surface area contributed by atoms with Gasteiger partial charge in [-0.05, 0) is 47.5 Å². The van der Waals surface area contributed by atoms with Gasteiger partial charge in [-0.15, -0.1) is 0 Å². The van der Waals surface area contributed by atoms with E-state index in [1.807, 2.05) is 36.7 Å². The van der Waals surface area contributed by atoms with Crippen molar-refractivity contribution in [1.82, 2.24) is 9.88 Å². The van der Waals surface area contributed by atoms with Gasteiger partial charge in [-0.1, -0.05) is 43.3 Å². The highest BCUT2D eigenvalue weighted by Crippen LogP contribution is 2.29. The van der Waals surface area contributed by atoms with Crippen LogP contribution in [0, 0.1) is 0 Å². The standard InChI is InChI=1S/C23H26N2O2/c1-3-25(16-19-11-13-24-14-12-19)17-21-9-10-22(26-2)23(15-21)27-18-20-7-5-4-6-8-20/h4-15H,3,16-18H2,1-2H3. The number of benzene rings is 2. The first-order chi connectivity index (χ1) is 13.3. The minimum atomic E-state index is 0.523. The van der Waals surface area contributed by atoms with Gasteiger partial charge in [0.05, 0.1) is 7.11 Å². The van der Waals surface area contributed by atoms with Crippen molar-refractivity contribution in [3.63, 3.8) is 0 Å². The van der Waals surface area contributed by atoms with E-state index in [0.29, 0.717) is 6.61 Å². The first-order valence-corrected chi connectivity index (χ1v) is 9.23. The smallest absolute Gasteiger partial charge is 0.161 e. The van der Waals surface area contributed by atoms with E-state index in [2.05, 4.69) is 53.2 Å². The zero-order valence-corrected chi connectivity index (χ0v) is 16.0. The van der Waals surface area contributed by atoms with Crippen LogP contribution < -0.4 is 9.47 Å². The molecule has 1 heterocycles. The molecule has 0 spiro atoms. The van der Waals surface area contributed by atoms with E-state index in [1.165, 1.54) is 11.1 Å². The lowest BCUT2D eigenvalue weighted by Crippen LogP contribution is -2.22. The second-order valence-corrected chi connectivity index (χ2v) is 6.42. The van der Waals surface area contributed by atoms with Crippen molar-refractivity contribution in [1.29, 1.82) is 0 Å². The number of hydrogen-bond acceptors (Lipinski definition) is 4. The van der Waals surface area contributed by atoms with Crippen molar-refractivity contribution in [2.75, 3.05) is 13.7 Å². The molecule has 4 heteroatoms. The molecule has 0 aliphatic heterocycles. The molecule has 27 heavy (non-hydrogen) atoms. The molecule has 4 nitrogen and oxygen atoms in total. The van der Waals surface area contributed by atoms with E-state index >= 15 is 0 Å². The van der Waals surface area contributed by atoms with Gasteiger partial charge in [0, 0.05) is 25.5 Å². The Hall–Kier alpha value is -2.85. The van der Waals surface area contributed by atoms with Gasteiger partial charge in [-0.3, -0.25) is 9.88 Å². The average Bonchev–Trinajstić information content (AvgIpc) is 2.73. The molecule has 0 unspecified atom stereocenters. The Bertz CT molecular complexity index is 822. The number of pyridine rings is 1. The number of ether oxygens (including phenoxy) is 2. The van der Waals surface area contributed by atoms with E-state index in [1.54, 1.807) is 7.11 Å². The van der Waals surface area contributed by atoms with Gasteiger partial charge >= 0.3 is 0 Å². The molecule has 2 aromatic carbocycles. The highest BCUT2D eigenvalue weighted by atomic mass is 16.5. The van der Waals surface area contributed by atoms with Crippen molar-refractivity contribution in [2.45, 2.75) is 26.6 Å². The Morgan fingerprint density at radius 1 is 0.815 bits per heavy atom. The molecule has 3 rings (SSSR count). The topological polar surface area (TPSA) is 34.6 Å². The molecule has 0 N–H and O–H groups in total. The van der Waals surface area contributed by atoms with Crippen molar-refractivity contribution in [2.24, 2.45) is 0 Å². The minimum absolute atomic E-state index is 0.523. The van der Waals surface area contributed by atoms with E-state index in [-0.39, 0.29) is 0 Å². The van der Waals surface area contributed by atoms with Crippen molar-refractivity contribution in [3.8, 4) is 11.5 Å². The quantitative estimate of drug-likeness (QED) is 0.553. The number of rotatable bonds is 9. The molecule has 0 amide bonds. The van der Waals surface area contributed by atoms with Crippen LogP contribution in [0.25, 0.3) is 0 Å². The van der Waals surface area contributed by atoms with Crippen molar-refractivity contribution < 1.29 is 9.47 Å². The molecule has 0 atom stereocenters. The molecule has 140 valence electrons. The highest BCUT2D eigenvalue weighted by molar-refractivity contribution is 5.43. The number of nitrogens with zero attached hydrogens (tertiary/aromatic N) is 2. The molecule has 0 fully saturated rings. The van der Waals surface area contributed by atoms with Gasteiger partial charge in [0.2, 0.25) is 0 Å². The molecular formula is C23H26N2O2. The SMILES string of the molecule is CCN(Cc1ccncc1)Cc1ccc(OC)c(OCc2ccccc2)c1. The summed E-state index contributed by atoms with van der Waals surface area (Å²) in [5.74, 6) is 1.53. The van der Waals surface area contributed by atoms with Gasteiger partial charge in [0.25, 0.3) is 0 Å². The van der Waals surface area contributed by atoms with Crippen LogP contribution in [0.3, 0.4) is 0 Å². The summed E-state index contributed by atoms with van der Waals surface area (Å²) in [6.45, 7) is 5.41. The summed E-state index contributed by atoms with van der Waals surface area (Å²) in [5, 5.41) is 0. The maximum absolute atomic E-state index is 6.04. The van der Waals surface area contributed by atoms with Gasteiger partial charge in [0.1, 0.15) is 6.61 Å². The fraction of sp³-hybridized carbons (Fsp3) is 0.261. The third-order valence-corrected chi connectivity index (χ3v) is 4.47. The van der Waals surface area contributed by atoms with E-state index in [0.717, 1.165) is 36.7 Å². The lowest BCUT2D eigenvalue weighted by molar-refractivity contribution is 0.266. The third-order valence-electron chi connectivity index (χ3n) is 4.47. The molecule has 0 saturated carbocycles. The van der Waals surface area contributed by atoms with Crippen molar-refractivity contribution >= 4 is 0 Å². The molecular weight excluding hydrogens is 336 g/mol. The maximum atomic E-state index is 6.04. The van der Waals surface area contributed by atoms with Crippen LogP contribution in [0.4, 0.5) is 0 Å². The van der Waals surface area contributed by atoms with Crippen LogP contribution in [-0.2, 0) is 19.7 Å². The summed E-state index contributed by atoms with van der Waals surface area (Å²) in [7, 11) is 1.67. The van der Waals surface area contributed by atoms with Gasteiger partial charge in [-0.2, -0.15) is 0 Å². The number of hydrogen-bond donors (Lipinski definition) is 0. The Balaban J connectivity index is 1.69. The Morgan fingerprint density at radius 2 is 1.56 bits per heavy atom. The summed E-state index contributed by atoms with van der Waals surface area (Å²) in [5.41, 5.74) is 3.61. The number of aromatic nitrogens is 1. The van der Waals surface area contributed by atoms with Gasteiger partial charge < -0.3 is 9.47 Å². The molecule has 0 aliphatic carbocycles. The zero-order chi connectivity index (χ0) is 18.9. The largest absolute Gasteiger partial charge is 0.493 e. The third kappa shape index (κ3) is 5.56. The summed E-state index contributed by atoms with van der Waals surface area (Å²) in [6.07, 6.45) is 3.68. The normalized spacial score (nSPS) is 10.8. The van der Waals surface area contributed by atoms with E-state index < -0.39 is 0 Å². The fourth-order valence-electron chi connectivity index (χ4n) is 2.95. The fourth-order valence-corrected chi connectivity index (χ4v) is 2.95. The lowest BCUT2D eigenvalue weighted by Gasteiger charge is -2.21. The Labute approximate surface area is 161 Å². The predicted octanol–water partition coefficient (Wildman–Crippen LogP) is 4.69. The summed E-state index contributed by atoms with van der Waals surface area (Å²) in [6, 6.07) is 20.4. The summed E-state index contributed by atoms with van der Waals surface area (Å²) >= 11 is 0. The first kappa shape index (κ1) is 18.9. The highest BCUT2D eigenvalue weighted by Gasteiger charge is 2.10. The lowest BCUT2D eigenvalue weighted by atomic mass is 10.1. The second-order valence-electron chi connectivity index (χ2n) is 6.42. The first-order valence-electron chi connectivity index (χ1n) is 9.23. The maximum Gasteiger partial charge on any atom is 0.161 e. The second kappa shape index (κ2) is 9.74. The van der Waals surface area contributed by atoms with E-state index in [4.69, 9.17) is 9.47 Å². The van der Waals surface area contributed by atoms with Crippen LogP contribution in [-0.4, -0.2) is 23.5 Å². The zero-order valence-electron chi connectivity index (χ0n) is 16.0. The van der Waals surface area contributed by atoms with Crippen LogP contribution in [0.15, 0.2) is 73.1 Å². The Morgan fingerprint density at radius 3 is 2.26 bits per heavy atom. The summed E-state index contributed by atoms with van der Waals surface area (Å²) in [4.78, 5) is 6.48. The molecule has 3 aromatic rings. The molecule has 0 aliphatic rings. The predicted molar refractivity (Wildman–Crippen MR) is 108 cm³/mol. The van der Waals surface area contributed by atoms with E-state index in [9.17, 15) is 0 Å². The summed E-state index contributed by atoms with van der Waals surface area (Å²) < 4.78 is 11.5. The molecule has 0 radical (unpaired) electrons. The van der Waals surface area contributed by atoms with Gasteiger partial charge in [-0.25, -0.2) is 0 Å². The molecule has 1 aromatic heterocycles. The van der Waals surface area contributed by atoms with Crippen LogP contribution in [0.2, 0.25) is 0 Å². The van der Waals surface area contributed by atoms with Crippen molar-refractivity contribution in [3.05, 3.63) is 89.7 Å². The minimum Gasteiger partial charge on any atom is -0.493 e. The van der Waals surface area contributed by atoms with Crippen LogP contribution >= 0.6 is 0 Å².